The highest BCUT2D eigenvalue weighted by Gasteiger charge is 2.53. The molecule has 3 aliphatic heterocycles. The fraction of sp³-hybridized carbons (Fsp3) is 0.400. The lowest BCUT2D eigenvalue weighted by molar-refractivity contribution is -0.160. The number of pyridine rings is 1. The molecule has 3 aromatic rings. The number of aliphatic hydroxyl groups excluding tert-OH is 1. The quantitative estimate of drug-likeness (QED) is 0.193. The van der Waals surface area contributed by atoms with E-state index in [0.717, 1.165) is 17.1 Å². The second-order valence-corrected chi connectivity index (χ2v) is 12.9. The van der Waals surface area contributed by atoms with Crippen LogP contribution in [-0.2, 0) is 33.2 Å². The lowest BCUT2D eigenvalue weighted by Gasteiger charge is -2.46. The van der Waals surface area contributed by atoms with Crippen LogP contribution in [0.2, 0.25) is 0 Å². The van der Waals surface area contributed by atoms with Crippen LogP contribution in [-0.4, -0.2) is 88.4 Å². The molecule has 4 heterocycles. The molecule has 0 saturated carbocycles. The van der Waals surface area contributed by atoms with E-state index in [1.807, 2.05) is 4.90 Å². The summed E-state index contributed by atoms with van der Waals surface area (Å²) in [6.07, 6.45) is -8.37. The Morgan fingerprint density at radius 3 is 2.40 bits per heavy atom. The molecule has 284 valence electrons. The first kappa shape index (κ1) is 37.9. The average molecular weight is 756 g/mol. The number of aliphatic hydroxyl groups is 1. The van der Waals surface area contributed by atoms with Crippen LogP contribution in [0.15, 0.2) is 60.0 Å². The third-order valence-electron chi connectivity index (χ3n) is 9.49. The fourth-order valence-electron chi connectivity index (χ4n) is 6.60. The van der Waals surface area contributed by atoms with Gasteiger partial charge in [-0.1, -0.05) is 12.1 Å². The van der Waals surface area contributed by atoms with Gasteiger partial charge in [0.15, 0.2) is 11.6 Å². The Labute approximate surface area is 297 Å². The number of alkyl halides is 6. The normalized spacial score (nSPS) is 20.2. The number of nitrogens with zero attached hydrogens (tertiary/aromatic N) is 4. The maximum absolute atomic E-state index is 15.5. The number of aromatic nitrogens is 1. The number of carbonyl (C=O) groups excluding carboxylic acids is 2. The topological polar surface area (TPSA) is 107 Å². The van der Waals surface area contributed by atoms with E-state index in [0.29, 0.717) is 63.7 Å². The van der Waals surface area contributed by atoms with Gasteiger partial charge in [-0.3, -0.25) is 24.5 Å². The summed E-state index contributed by atoms with van der Waals surface area (Å²) in [7, 11) is 0. The molecule has 2 N–H and O–H groups in total. The van der Waals surface area contributed by atoms with Crippen molar-refractivity contribution in [2.24, 2.45) is 0 Å². The highest BCUT2D eigenvalue weighted by Crippen LogP contribution is 2.43. The van der Waals surface area contributed by atoms with Gasteiger partial charge in [0.05, 0.1) is 30.9 Å². The Bertz CT molecular complexity index is 1910. The van der Waals surface area contributed by atoms with Crippen LogP contribution in [0.4, 0.5) is 40.8 Å². The molecule has 0 aliphatic carbocycles. The molecule has 0 spiro atoms. The second-order valence-electron chi connectivity index (χ2n) is 12.9. The standard InChI is InChI=1S/C35H33F8N5O5/c1-33-9-2-10-48(33)47(19-21-3-7-25(29(37)28(21)36)53-16-13-46-11-14-52-15-12-46)32(51)27(30(33)49)31(50)45-24-6-5-22(34(38,39)40)17-23(24)20-4-8-26(44-18-20)35(41,42)43/h3-8,17-18,49H,2,9-16,19H2,1H3,(H,45,50)/t33-/m1/s1. The summed E-state index contributed by atoms with van der Waals surface area (Å²) in [6, 6.07) is 5.93. The lowest BCUT2D eigenvalue weighted by atomic mass is 9.90. The summed E-state index contributed by atoms with van der Waals surface area (Å²) in [5, 5.41) is 16.1. The van der Waals surface area contributed by atoms with Crippen molar-refractivity contribution in [2.45, 2.75) is 44.2 Å². The van der Waals surface area contributed by atoms with Crippen LogP contribution in [0.25, 0.3) is 11.1 Å². The minimum Gasteiger partial charge on any atom is -0.509 e. The summed E-state index contributed by atoms with van der Waals surface area (Å²) >= 11 is 0. The highest BCUT2D eigenvalue weighted by atomic mass is 19.4. The summed E-state index contributed by atoms with van der Waals surface area (Å²) < 4.78 is 122. The molecule has 0 radical (unpaired) electrons. The predicted octanol–water partition coefficient (Wildman–Crippen LogP) is 6.34. The van der Waals surface area contributed by atoms with Crippen molar-refractivity contribution < 1.29 is 59.3 Å². The maximum atomic E-state index is 15.5. The van der Waals surface area contributed by atoms with Crippen LogP contribution in [0.5, 0.6) is 5.75 Å². The number of hydrogen-bond donors (Lipinski definition) is 2. The molecular weight excluding hydrogens is 722 g/mol. The molecule has 0 unspecified atom stereocenters. The Hall–Kier alpha value is -4.81. The first-order valence-corrected chi connectivity index (χ1v) is 16.5. The molecule has 3 aliphatic rings. The largest absolute Gasteiger partial charge is 0.509 e. The number of fused-ring (bicyclic) bond motifs is 1. The maximum Gasteiger partial charge on any atom is 0.433 e. The summed E-state index contributed by atoms with van der Waals surface area (Å²) in [4.78, 5) is 33.1. The van der Waals surface area contributed by atoms with Crippen molar-refractivity contribution in [3.05, 3.63) is 88.4 Å². The van der Waals surface area contributed by atoms with Crippen LogP contribution in [0, 0.1) is 11.6 Å². The Morgan fingerprint density at radius 1 is 1.00 bits per heavy atom. The molecular formula is C35H33F8N5O5. The molecule has 2 aromatic carbocycles. The van der Waals surface area contributed by atoms with E-state index in [4.69, 9.17) is 9.47 Å². The van der Waals surface area contributed by atoms with Crippen molar-refractivity contribution in [1.82, 2.24) is 19.9 Å². The van der Waals surface area contributed by atoms with Crippen LogP contribution >= 0.6 is 0 Å². The van der Waals surface area contributed by atoms with Crippen LogP contribution in [0.3, 0.4) is 0 Å². The average Bonchev–Trinajstić information content (AvgIpc) is 3.52. The third-order valence-corrected chi connectivity index (χ3v) is 9.49. The van der Waals surface area contributed by atoms with Gasteiger partial charge in [-0.05, 0) is 50.1 Å². The first-order chi connectivity index (χ1) is 25.0. The van der Waals surface area contributed by atoms with E-state index >= 15 is 8.78 Å². The number of anilines is 1. The van der Waals surface area contributed by atoms with E-state index in [9.17, 15) is 41.0 Å². The number of nitrogens with one attached hydrogen (secondary N) is 1. The monoisotopic (exact) mass is 755 g/mol. The molecule has 1 aromatic heterocycles. The smallest absolute Gasteiger partial charge is 0.433 e. The van der Waals surface area contributed by atoms with Crippen LogP contribution < -0.4 is 10.1 Å². The molecule has 0 bridgehead atoms. The number of hydrogen-bond acceptors (Lipinski definition) is 8. The number of benzene rings is 2. The molecule has 53 heavy (non-hydrogen) atoms. The molecule has 18 heteroatoms. The minimum absolute atomic E-state index is 0.0744. The summed E-state index contributed by atoms with van der Waals surface area (Å²) in [6.45, 7) is 4.13. The van der Waals surface area contributed by atoms with Crippen molar-refractivity contribution in [3.8, 4) is 16.9 Å². The van der Waals surface area contributed by atoms with E-state index in [2.05, 4.69) is 10.3 Å². The number of morpholine rings is 1. The molecule has 6 rings (SSSR count). The molecule has 2 fully saturated rings. The van der Waals surface area contributed by atoms with Gasteiger partial charge in [0.1, 0.15) is 23.6 Å². The van der Waals surface area contributed by atoms with E-state index in [1.165, 1.54) is 24.1 Å². The number of rotatable bonds is 9. The van der Waals surface area contributed by atoms with E-state index < -0.39 is 70.5 Å². The zero-order valence-electron chi connectivity index (χ0n) is 28.1. The van der Waals surface area contributed by atoms with Crippen LogP contribution in [0.1, 0.15) is 36.6 Å². The molecule has 10 nitrogen and oxygen atoms in total. The second kappa shape index (κ2) is 14.5. The number of ether oxygens (including phenoxy) is 2. The van der Waals surface area contributed by atoms with E-state index in [1.54, 1.807) is 0 Å². The van der Waals surface area contributed by atoms with Gasteiger partial charge in [-0.25, -0.2) is 9.40 Å². The van der Waals surface area contributed by atoms with Gasteiger partial charge in [-0.15, -0.1) is 0 Å². The number of amides is 2. The summed E-state index contributed by atoms with van der Waals surface area (Å²) in [5.41, 5.74) is -5.90. The van der Waals surface area contributed by atoms with Gasteiger partial charge in [-0.2, -0.15) is 30.7 Å². The fourth-order valence-corrected chi connectivity index (χ4v) is 6.60. The minimum atomic E-state index is -4.88. The van der Waals surface area contributed by atoms with Gasteiger partial charge in [0, 0.05) is 54.8 Å². The molecule has 2 saturated heterocycles. The summed E-state index contributed by atoms with van der Waals surface area (Å²) in [5.74, 6) is -5.97. The molecule has 1 atom stereocenters. The number of hydrazine groups is 1. The van der Waals surface area contributed by atoms with Gasteiger partial charge < -0.3 is 19.9 Å². The van der Waals surface area contributed by atoms with Gasteiger partial charge in [0.25, 0.3) is 11.8 Å². The number of carbonyl (C=O) groups is 2. The molecule has 2 amide bonds. The zero-order chi connectivity index (χ0) is 38.3. The van der Waals surface area contributed by atoms with Gasteiger partial charge in [0.2, 0.25) is 5.82 Å². The van der Waals surface area contributed by atoms with Crippen molar-refractivity contribution in [2.75, 3.05) is 51.3 Å². The SMILES string of the molecule is C[C@]12CCCN1N(Cc1ccc(OCCN3CCOCC3)c(F)c1F)C(=O)C(C(=O)Nc1ccc(C(F)(F)F)cc1-c1ccc(C(F)(F)F)nc1)=C2O. The van der Waals surface area contributed by atoms with Crippen molar-refractivity contribution in [3.63, 3.8) is 0 Å². The van der Waals surface area contributed by atoms with Crippen molar-refractivity contribution in [1.29, 1.82) is 0 Å². The number of halogens is 8. The van der Waals surface area contributed by atoms with E-state index in [-0.39, 0.29) is 47.7 Å². The Balaban J connectivity index is 1.27. The lowest BCUT2D eigenvalue weighted by Crippen LogP contribution is -2.60. The van der Waals surface area contributed by atoms with Crippen molar-refractivity contribution >= 4 is 17.5 Å². The Kier molecular flexibility index (Phi) is 10.4. The zero-order valence-corrected chi connectivity index (χ0v) is 28.1. The highest BCUT2D eigenvalue weighted by molar-refractivity contribution is 6.24. The predicted molar refractivity (Wildman–Crippen MR) is 172 cm³/mol. The first-order valence-electron chi connectivity index (χ1n) is 16.5. The van der Waals surface area contributed by atoms with Gasteiger partial charge >= 0.3 is 12.4 Å². The Morgan fingerprint density at radius 2 is 1.74 bits per heavy atom. The third kappa shape index (κ3) is 7.66.